The Bertz CT molecular complexity index is 1060. The van der Waals surface area contributed by atoms with Crippen molar-refractivity contribution in [3.63, 3.8) is 0 Å². The summed E-state index contributed by atoms with van der Waals surface area (Å²) < 4.78 is 28.5. The molecule has 3 aromatic rings. The summed E-state index contributed by atoms with van der Waals surface area (Å²) in [7, 11) is -2.08. The highest BCUT2D eigenvalue weighted by Gasteiger charge is 2.33. The number of hydrogen-bond acceptors (Lipinski definition) is 5. The van der Waals surface area contributed by atoms with Crippen LogP contribution in [0.25, 0.3) is 4.96 Å². The van der Waals surface area contributed by atoms with Gasteiger partial charge in [-0.3, -0.25) is 4.40 Å². The molecule has 140 valence electrons. The van der Waals surface area contributed by atoms with Crippen LogP contribution in [0.3, 0.4) is 0 Å². The molecule has 0 fully saturated rings. The summed E-state index contributed by atoms with van der Waals surface area (Å²) >= 11 is 13.7. The number of sulfonamides is 1. The van der Waals surface area contributed by atoms with Gasteiger partial charge in [-0.25, -0.2) is 4.98 Å². The first-order valence-corrected chi connectivity index (χ1v) is 10.5. The summed E-state index contributed by atoms with van der Waals surface area (Å²) in [4.78, 5) is 6.72. The summed E-state index contributed by atoms with van der Waals surface area (Å²) in [6, 6.07) is 5.54. The van der Waals surface area contributed by atoms with Crippen molar-refractivity contribution in [2.24, 2.45) is 0 Å². The highest BCUT2D eigenvalue weighted by atomic mass is 35.5. The Morgan fingerprint density at radius 2 is 2.12 bits per heavy atom. The fourth-order valence-corrected chi connectivity index (χ4v) is 5.91. The highest BCUT2D eigenvalue weighted by molar-refractivity contribution is 7.94. The van der Waals surface area contributed by atoms with Gasteiger partial charge in [-0.05, 0) is 30.7 Å². The number of hydrogen-bond donors (Lipinski definition) is 0. The predicted octanol–water partition coefficient (Wildman–Crippen LogP) is 2.56. The molecule has 0 spiro atoms. The van der Waals surface area contributed by atoms with Crippen molar-refractivity contribution in [1.29, 1.82) is 0 Å². The Kier molecular flexibility index (Phi) is 5.22. The largest absolute Gasteiger partial charge is 0.412 e. The van der Waals surface area contributed by atoms with Crippen LogP contribution in [0.2, 0.25) is 5.15 Å². The van der Waals surface area contributed by atoms with Gasteiger partial charge in [0.2, 0.25) is 5.03 Å². The van der Waals surface area contributed by atoms with E-state index in [1.165, 1.54) is 15.7 Å². The Balaban J connectivity index is 0.00000196. The van der Waals surface area contributed by atoms with Gasteiger partial charge in [-0.2, -0.15) is 12.2 Å². The van der Waals surface area contributed by atoms with Crippen molar-refractivity contribution < 1.29 is 13.9 Å². The normalized spacial score (nSPS) is 14.9. The third-order valence-electron chi connectivity index (χ3n) is 4.26. The second-order valence-corrected chi connectivity index (χ2v) is 9.36. The summed E-state index contributed by atoms with van der Waals surface area (Å²) in [6.45, 7) is 1.56. The topological polar surface area (TPSA) is 89.4 Å². The van der Waals surface area contributed by atoms with Crippen molar-refractivity contribution in [2.45, 2.75) is 18.0 Å². The first-order valence-electron chi connectivity index (χ1n) is 7.51. The minimum atomic E-state index is -4.07. The van der Waals surface area contributed by atoms with Crippen molar-refractivity contribution in [2.75, 3.05) is 17.4 Å². The van der Waals surface area contributed by atoms with Crippen LogP contribution >= 0.6 is 34.7 Å². The maximum absolute atomic E-state index is 13.1. The number of thiazole rings is 1. The SMILES string of the molecule is CN1CCc2cccc(N(Cl)S(=O)(=O)c3c(Cl)nc4sccn34)c2C1.O. The smallest absolute Gasteiger partial charge is 0.297 e. The van der Waals surface area contributed by atoms with Crippen LogP contribution in [0.5, 0.6) is 0 Å². The van der Waals surface area contributed by atoms with Gasteiger partial charge >= 0.3 is 0 Å². The molecule has 0 unspecified atom stereocenters. The van der Waals surface area contributed by atoms with E-state index in [1.54, 1.807) is 17.6 Å². The molecule has 3 heterocycles. The number of likely N-dealkylation sites (N-methyl/N-ethyl adjacent to an activating group) is 1. The molecule has 1 aliphatic rings. The molecule has 26 heavy (non-hydrogen) atoms. The molecular formula is C15H16Cl2N4O3S2. The summed E-state index contributed by atoms with van der Waals surface area (Å²) in [6.07, 6.45) is 2.47. The van der Waals surface area contributed by atoms with Gasteiger partial charge in [0.05, 0.1) is 5.69 Å². The molecule has 7 nitrogen and oxygen atoms in total. The lowest BCUT2D eigenvalue weighted by atomic mass is 9.99. The second kappa shape index (κ2) is 6.99. The van der Waals surface area contributed by atoms with Crippen LogP contribution in [-0.4, -0.2) is 41.8 Å². The molecule has 0 amide bonds. The molecule has 1 aromatic carbocycles. The Morgan fingerprint density at radius 3 is 2.88 bits per heavy atom. The van der Waals surface area contributed by atoms with Gasteiger partial charge in [0.15, 0.2) is 10.1 Å². The number of imidazole rings is 1. The number of fused-ring (bicyclic) bond motifs is 2. The minimum Gasteiger partial charge on any atom is -0.412 e. The molecular weight excluding hydrogens is 419 g/mol. The molecule has 4 rings (SSSR count). The Hall–Kier alpha value is -1.36. The number of aromatic nitrogens is 2. The molecule has 2 N–H and O–H groups in total. The maximum atomic E-state index is 13.1. The average molecular weight is 435 g/mol. The molecule has 0 radical (unpaired) electrons. The number of halogens is 2. The number of benzene rings is 1. The fraction of sp³-hybridized carbons (Fsp3) is 0.267. The van der Waals surface area contributed by atoms with Crippen molar-refractivity contribution in [1.82, 2.24) is 14.3 Å². The third kappa shape index (κ3) is 2.98. The zero-order valence-corrected chi connectivity index (χ0v) is 16.8. The van der Waals surface area contributed by atoms with Crippen molar-refractivity contribution in [3.8, 4) is 0 Å². The zero-order chi connectivity index (χ0) is 17.8. The van der Waals surface area contributed by atoms with E-state index < -0.39 is 10.0 Å². The predicted molar refractivity (Wildman–Crippen MR) is 104 cm³/mol. The van der Waals surface area contributed by atoms with Crippen LogP contribution in [0.15, 0.2) is 34.8 Å². The molecule has 1 aliphatic heterocycles. The van der Waals surface area contributed by atoms with E-state index in [1.807, 2.05) is 19.2 Å². The molecule has 0 aliphatic carbocycles. The van der Waals surface area contributed by atoms with Crippen molar-refractivity contribution >= 4 is 55.4 Å². The quantitative estimate of drug-likeness (QED) is 0.592. The summed E-state index contributed by atoms with van der Waals surface area (Å²) in [5, 5.41) is 1.54. The molecule has 11 heteroatoms. The highest BCUT2D eigenvalue weighted by Crippen LogP contribution is 2.36. The monoisotopic (exact) mass is 434 g/mol. The van der Waals surface area contributed by atoms with Crippen LogP contribution in [0.1, 0.15) is 11.1 Å². The van der Waals surface area contributed by atoms with E-state index in [2.05, 4.69) is 9.88 Å². The lowest BCUT2D eigenvalue weighted by Crippen LogP contribution is -2.30. The zero-order valence-electron chi connectivity index (χ0n) is 13.7. The van der Waals surface area contributed by atoms with Gasteiger partial charge in [0.25, 0.3) is 10.0 Å². The number of rotatable bonds is 3. The molecule has 0 saturated carbocycles. The van der Waals surface area contributed by atoms with Crippen LogP contribution in [-0.2, 0) is 23.0 Å². The fourth-order valence-electron chi connectivity index (χ4n) is 3.04. The number of nitrogens with zero attached hydrogens (tertiary/aromatic N) is 4. The maximum Gasteiger partial charge on any atom is 0.297 e. The van der Waals surface area contributed by atoms with E-state index in [-0.39, 0.29) is 15.7 Å². The van der Waals surface area contributed by atoms with Crippen molar-refractivity contribution in [3.05, 3.63) is 46.1 Å². The van der Waals surface area contributed by atoms with E-state index in [4.69, 9.17) is 23.4 Å². The second-order valence-electron chi connectivity index (χ2n) is 5.89. The lowest BCUT2D eigenvalue weighted by Gasteiger charge is -2.28. The standard InChI is InChI=1S/C15H14Cl2N4O2S2.H2O/c1-19-6-5-10-3-2-4-12(11(10)9-19)21(17)25(22,23)14-13(16)18-15-20(14)7-8-24-15;/h2-4,7-8H,5-6,9H2,1H3;1H2. The van der Waals surface area contributed by atoms with E-state index in [9.17, 15) is 8.42 Å². The summed E-state index contributed by atoms with van der Waals surface area (Å²) in [5.74, 6) is 0. The van der Waals surface area contributed by atoms with Gasteiger partial charge < -0.3 is 10.4 Å². The molecule has 2 aromatic heterocycles. The minimum absolute atomic E-state index is 0. The van der Waals surface area contributed by atoms with E-state index in [0.29, 0.717) is 17.2 Å². The van der Waals surface area contributed by atoms with Gasteiger partial charge in [-0.1, -0.05) is 23.7 Å². The van der Waals surface area contributed by atoms with E-state index >= 15 is 0 Å². The molecule has 0 bridgehead atoms. The molecule has 0 atom stereocenters. The first-order chi connectivity index (χ1) is 11.9. The lowest BCUT2D eigenvalue weighted by molar-refractivity contribution is 0.313. The Labute approximate surface area is 164 Å². The third-order valence-corrected chi connectivity index (χ3v) is 7.62. The van der Waals surface area contributed by atoms with Crippen LogP contribution in [0, 0.1) is 0 Å². The van der Waals surface area contributed by atoms with Gasteiger partial charge in [0, 0.05) is 36.4 Å². The van der Waals surface area contributed by atoms with Gasteiger partial charge in [0.1, 0.15) is 0 Å². The summed E-state index contributed by atoms with van der Waals surface area (Å²) in [5.41, 5.74) is 2.47. The average Bonchev–Trinajstić information content (AvgIpc) is 3.13. The number of anilines is 1. The van der Waals surface area contributed by atoms with E-state index in [0.717, 1.165) is 27.9 Å². The van der Waals surface area contributed by atoms with Crippen LogP contribution in [0.4, 0.5) is 5.69 Å². The molecule has 0 saturated heterocycles. The first kappa shape index (κ1) is 19.4. The Morgan fingerprint density at radius 1 is 1.35 bits per heavy atom. The van der Waals surface area contributed by atoms with Gasteiger partial charge in [-0.15, -0.1) is 11.3 Å². The van der Waals surface area contributed by atoms with Crippen LogP contribution < -0.4 is 3.82 Å².